The summed E-state index contributed by atoms with van der Waals surface area (Å²) in [5, 5.41) is 0. The molecule has 2 heterocycles. The topological polar surface area (TPSA) is 6.89 Å². The van der Waals surface area contributed by atoms with Crippen LogP contribution in [0.3, 0.4) is 0 Å². The maximum absolute atomic E-state index is 2.44. The number of aromatic nitrogens is 1. The van der Waals surface area contributed by atoms with Crippen molar-refractivity contribution < 1.29 is 9.14 Å². The highest BCUT2D eigenvalue weighted by Crippen LogP contribution is 2.41. The van der Waals surface area contributed by atoms with Crippen molar-refractivity contribution in [1.29, 1.82) is 0 Å². The molecule has 0 spiro atoms. The summed E-state index contributed by atoms with van der Waals surface area (Å²) >= 11 is 0. The molecule has 0 N–H and O–H groups in total. The third kappa shape index (κ3) is 2.18. The molecule has 0 atom stereocenters. The highest BCUT2D eigenvalue weighted by atomic mass is 15.0. The van der Waals surface area contributed by atoms with Crippen molar-refractivity contribution in [3.63, 3.8) is 0 Å². The zero-order chi connectivity index (χ0) is 15.9. The number of fused-ring (bicyclic) bond motifs is 1. The molecular formula is C20H26N2+2. The van der Waals surface area contributed by atoms with Crippen LogP contribution in [0.4, 0.5) is 5.69 Å². The van der Waals surface area contributed by atoms with E-state index in [0.717, 1.165) is 13.1 Å². The molecule has 3 rings (SSSR count). The van der Waals surface area contributed by atoms with Gasteiger partial charge < -0.3 is 0 Å². The molecule has 1 aromatic carbocycles. The third-order valence-corrected chi connectivity index (χ3v) is 5.14. The fraction of sp³-hybridized carbons (Fsp3) is 0.400. The molecule has 0 unspecified atom stereocenters. The molecule has 1 aliphatic heterocycles. The van der Waals surface area contributed by atoms with E-state index in [0.29, 0.717) is 0 Å². The van der Waals surface area contributed by atoms with Crippen molar-refractivity contribution >= 4 is 11.4 Å². The minimum atomic E-state index is 0.108. The Hall–Kier alpha value is -1.96. The van der Waals surface area contributed by atoms with E-state index in [-0.39, 0.29) is 5.41 Å². The van der Waals surface area contributed by atoms with Gasteiger partial charge in [-0.25, -0.2) is 4.57 Å². The second kappa shape index (κ2) is 5.35. The number of benzene rings is 1. The Kier molecular flexibility index (Phi) is 3.64. The molecule has 1 aromatic heterocycles. The van der Waals surface area contributed by atoms with Gasteiger partial charge in [0, 0.05) is 30.2 Å². The van der Waals surface area contributed by atoms with Gasteiger partial charge in [0.25, 0.3) is 0 Å². The molecule has 1 aliphatic rings. The normalized spacial score (nSPS) is 16.0. The molecule has 0 fully saturated rings. The van der Waals surface area contributed by atoms with Gasteiger partial charge in [-0.05, 0) is 51.5 Å². The van der Waals surface area contributed by atoms with Crippen LogP contribution < -0.4 is 4.57 Å². The average molecular weight is 294 g/mol. The van der Waals surface area contributed by atoms with E-state index in [4.69, 9.17) is 0 Å². The predicted molar refractivity (Wildman–Crippen MR) is 91.9 cm³/mol. The van der Waals surface area contributed by atoms with Crippen molar-refractivity contribution in [3.05, 3.63) is 48.3 Å². The van der Waals surface area contributed by atoms with Crippen LogP contribution >= 0.6 is 0 Å². The van der Waals surface area contributed by atoms with Crippen LogP contribution in [0.15, 0.2) is 42.7 Å². The first-order chi connectivity index (χ1) is 10.5. The van der Waals surface area contributed by atoms with Gasteiger partial charge in [-0.15, -0.1) is 0 Å². The van der Waals surface area contributed by atoms with Crippen molar-refractivity contribution in [2.24, 2.45) is 0 Å². The largest absolute Gasteiger partial charge is 0.209 e. The number of pyridine rings is 1. The van der Waals surface area contributed by atoms with Gasteiger partial charge in [0.05, 0.1) is 5.41 Å². The van der Waals surface area contributed by atoms with Crippen LogP contribution in [-0.4, -0.2) is 16.8 Å². The summed E-state index contributed by atoms with van der Waals surface area (Å²) in [6, 6.07) is 11.3. The zero-order valence-corrected chi connectivity index (χ0v) is 14.4. The Morgan fingerprint density at radius 1 is 1.00 bits per heavy atom. The van der Waals surface area contributed by atoms with E-state index < -0.39 is 0 Å². The lowest BCUT2D eigenvalue weighted by atomic mass is 9.81. The monoisotopic (exact) mass is 294 g/mol. The van der Waals surface area contributed by atoms with E-state index >= 15 is 0 Å². The zero-order valence-electron chi connectivity index (χ0n) is 14.4. The second-order valence-electron chi connectivity index (χ2n) is 6.61. The number of hydrogen-bond donors (Lipinski definition) is 0. The molecule has 0 radical (unpaired) electrons. The van der Waals surface area contributed by atoms with Gasteiger partial charge in [-0.2, -0.15) is 4.58 Å². The van der Waals surface area contributed by atoms with Crippen LogP contribution in [0.1, 0.15) is 40.2 Å². The fourth-order valence-electron chi connectivity index (χ4n) is 3.46. The minimum absolute atomic E-state index is 0.108. The molecule has 114 valence electrons. The van der Waals surface area contributed by atoms with E-state index in [2.05, 4.69) is 86.5 Å². The maximum Gasteiger partial charge on any atom is 0.209 e. The van der Waals surface area contributed by atoms with Crippen LogP contribution in [0.25, 0.3) is 11.1 Å². The molecule has 0 saturated heterocycles. The summed E-state index contributed by atoms with van der Waals surface area (Å²) in [7, 11) is 0. The Morgan fingerprint density at radius 3 is 2.45 bits per heavy atom. The molecule has 2 heteroatoms. The van der Waals surface area contributed by atoms with Crippen molar-refractivity contribution in [1.82, 2.24) is 0 Å². The Balaban J connectivity index is 2.12. The minimum Gasteiger partial charge on any atom is -0.205 e. The van der Waals surface area contributed by atoms with Crippen LogP contribution in [0, 0.1) is 0 Å². The standard InChI is InChI=1S/C20H26N2/c1-6-21-12-8-9-17(14-21)16-10-11-19-18(13-16)20(4,5)15(3)22(19)7-2/h8-14H,6-7H2,1-5H3/q+2. The maximum atomic E-state index is 2.44. The molecule has 0 saturated carbocycles. The molecule has 2 nitrogen and oxygen atoms in total. The summed E-state index contributed by atoms with van der Waals surface area (Å²) in [6.07, 6.45) is 4.36. The highest BCUT2D eigenvalue weighted by Gasteiger charge is 2.42. The first-order valence-electron chi connectivity index (χ1n) is 8.24. The van der Waals surface area contributed by atoms with E-state index in [1.807, 2.05) is 0 Å². The van der Waals surface area contributed by atoms with E-state index in [1.54, 1.807) is 0 Å². The van der Waals surface area contributed by atoms with Crippen LogP contribution in [0.5, 0.6) is 0 Å². The predicted octanol–water partition coefficient (Wildman–Crippen LogP) is 4.08. The van der Waals surface area contributed by atoms with Gasteiger partial charge >= 0.3 is 0 Å². The number of aryl methyl sites for hydroxylation is 1. The number of nitrogens with zero attached hydrogens (tertiary/aromatic N) is 2. The van der Waals surface area contributed by atoms with Gasteiger partial charge in [0.1, 0.15) is 13.1 Å². The second-order valence-corrected chi connectivity index (χ2v) is 6.61. The number of hydrogen-bond acceptors (Lipinski definition) is 0. The Bertz CT molecular complexity index is 754. The smallest absolute Gasteiger partial charge is 0.205 e. The van der Waals surface area contributed by atoms with Crippen LogP contribution in [-0.2, 0) is 12.0 Å². The van der Waals surface area contributed by atoms with Gasteiger partial charge in [0.2, 0.25) is 5.69 Å². The highest BCUT2D eigenvalue weighted by molar-refractivity contribution is 5.94. The lowest BCUT2D eigenvalue weighted by Gasteiger charge is -2.15. The first-order valence-corrected chi connectivity index (χ1v) is 8.24. The summed E-state index contributed by atoms with van der Waals surface area (Å²) in [6.45, 7) is 13.4. The van der Waals surface area contributed by atoms with E-state index in [1.165, 1.54) is 28.1 Å². The molecule has 0 amide bonds. The molecule has 0 aliphatic carbocycles. The molecule has 2 aromatic rings. The van der Waals surface area contributed by atoms with Crippen LogP contribution in [0.2, 0.25) is 0 Å². The van der Waals surface area contributed by atoms with Gasteiger partial charge in [0.15, 0.2) is 18.1 Å². The Labute approximate surface area is 133 Å². The quantitative estimate of drug-likeness (QED) is 0.753. The molecule has 0 bridgehead atoms. The van der Waals surface area contributed by atoms with E-state index in [9.17, 15) is 0 Å². The average Bonchev–Trinajstić information content (AvgIpc) is 2.74. The summed E-state index contributed by atoms with van der Waals surface area (Å²) in [5.74, 6) is 0. The Morgan fingerprint density at radius 2 is 1.77 bits per heavy atom. The number of rotatable bonds is 3. The summed E-state index contributed by atoms with van der Waals surface area (Å²) in [5.41, 5.74) is 6.95. The van der Waals surface area contributed by atoms with Crippen molar-refractivity contribution in [3.8, 4) is 11.1 Å². The molecular weight excluding hydrogens is 268 g/mol. The summed E-state index contributed by atoms with van der Waals surface area (Å²) in [4.78, 5) is 0. The van der Waals surface area contributed by atoms with Gasteiger partial charge in [-0.3, -0.25) is 0 Å². The SMILES string of the molecule is CC[N+]1=C(C)C(C)(C)c2cc(-c3ccc[n+](CC)c3)ccc21. The van der Waals surface area contributed by atoms with Crippen molar-refractivity contribution in [2.75, 3.05) is 6.54 Å². The van der Waals surface area contributed by atoms with Gasteiger partial charge in [-0.1, -0.05) is 0 Å². The molecule has 22 heavy (non-hydrogen) atoms. The summed E-state index contributed by atoms with van der Waals surface area (Å²) < 4.78 is 4.67. The lowest BCUT2D eigenvalue weighted by molar-refractivity contribution is -0.693. The third-order valence-electron chi connectivity index (χ3n) is 5.14. The fourth-order valence-corrected chi connectivity index (χ4v) is 3.46. The first kappa shape index (κ1) is 15.0. The lowest BCUT2D eigenvalue weighted by Crippen LogP contribution is -2.30. The van der Waals surface area contributed by atoms with Crippen molar-refractivity contribution in [2.45, 2.75) is 46.6 Å².